The zero-order valence-electron chi connectivity index (χ0n) is 12.9. The molecule has 2 rings (SSSR count). The van der Waals surface area contributed by atoms with Crippen molar-refractivity contribution in [1.82, 2.24) is 4.90 Å². The maximum absolute atomic E-state index is 11.7. The fraction of sp³-hybridized carbons (Fsp3) is 0.588. The average Bonchev–Trinajstić information content (AvgIpc) is 2.53. The van der Waals surface area contributed by atoms with Gasteiger partial charge in [0.25, 0.3) is 0 Å². The van der Waals surface area contributed by atoms with Crippen LogP contribution in [-0.4, -0.2) is 41.9 Å². The molecule has 0 unspecified atom stereocenters. The molecule has 1 aromatic carbocycles. The van der Waals surface area contributed by atoms with Gasteiger partial charge in [-0.1, -0.05) is 25.5 Å². The first-order chi connectivity index (χ1) is 10.3. The molecule has 1 aliphatic rings. The summed E-state index contributed by atoms with van der Waals surface area (Å²) >= 11 is 2.05. The van der Waals surface area contributed by atoms with E-state index >= 15 is 0 Å². The van der Waals surface area contributed by atoms with E-state index in [0.717, 1.165) is 31.5 Å². The molecule has 1 aromatic rings. The van der Waals surface area contributed by atoms with Gasteiger partial charge in [-0.05, 0) is 30.5 Å². The van der Waals surface area contributed by atoms with Crippen molar-refractivity contribution >= 4 is 23.4 Å². The van der Waals surface area contributed by atoms with Gasteiger partial charge in [-0.2, -0.15) is 11.8 Å². The molecule has 0 aliphatic carbocycles. The molecule has 0 bridgehead atoms. The monoisotopic (exact) mass is 306 g/mol. The van der Waals surface area contributed by atoms with Crippen LogP contribution in [0.4, 0.5) is 5.69 Å². The fourth-order valence-electron chi connectivity index (χ4n) is 2.43. The quantitative estimate of drug-likeness (QED) is 0.838. The van der Waals surface area contributed by atoms with Gasteiger partial charge in [0.15, 0.2) is 0 Å². The minimum atomic E-state index is 0.121. The summed E-state index contributed by atoms with van der Waals surface area (Å²) in [6, 6.07) is 8.30. The molecule has 21 heavy (non-hydrogen) atoms. The van der Waals surface area contributed by atoms with Crippen molar-refractivity contribution in [3.05, 3.63) is 29.8 Å². The third-order valence-electron chi connectivity index (χ3n) is 3.82. The minimum Gasteiger partial charge on any atom is -0.326 e. The lowest BCUT2D eigenvalue weighted by Crippen LogP contribution is -2.34. The zero-order chi connectivity index (χ0) is 14.9. The first-order valence-electron chi connectivity index (χ1n) is 7.97. The molecule has 1 amide bonds. The maximum Gasteiger partial charge on any atom is 0.224 e. The highest BCUT2D eigenvalue weighted by atomic mass is 32.2. The lowest BCUT2D eigenvalue weighted by Gasteiger charge is -2.26. The summed E-state index contributed by atoms with van der Waals surface area (Å²) < 4.78 is 0. The van der Waals surface area contributed by atoms with E-state index in [9.17, 15) is 4.79 Å². The summed E-state index contributed by atoms with van der Waals surface area (Å²) in [6.45, 7) is 5.68. The van der Waals surface area contributed by atoms with E-state index in [-0.39, 0.29) is 5.91 Å². The van der Waals surface area contributed by atoms with Gasteiger partial charge in [0.05, 0.1) is 0 Å². The van der Waals surface area contributed by atoms with Crippen LogP contribution >= 0.6 is 11.8 Å². The van der Waals surface area contributed by atoms with Crippen LogP contribution in [0, 0.1) is 0 Å². The highest BCUT2D eigenvalue weighted by molar-refractivity contribution is 7.99. The van der Waals surface area contributed by atoms with Crippen molar-refractivity contribution in [2.24, 2.45) is 0 Å². The summed E-state index contributed by atoms with van der Waals surface area (Å²) in [4.78, 5) is 14.2. The van der Waals surface area contributed by atoms with Gasteiger partial charge in [-0.25, -0.2) is 0 Å². The summed E-state index contributed by atoms with van der Waals surface area (Å²) in [5, 5.41) is 2.96. The van der Waals surface area contributed by atoms with E-state index in [4.69, 9.17) is 0 Å². The number of nitrogens with one attached hydrogen (secondary N) is 1. The molecule has 0 saturated carbocycles. The Morgan fingerprint density at radius 1 is 1.24 bits per heavy atom. The van der Waals surface area contributed by atoms with Crippen molar-refractivity contribution in [3.8, 4) is 0 Å². The van der Waals surface area contributed by atoms with Crippen LogP contribution in [0.25, 0.3) is 0 Å². The van der Waals surface area contributed by atoms with E-state index in [1.54, 1.807) is 0 Å². The number of amides is 1. The topological polar surface area (TPSA) is 32.3 Å². The van der Waals surface area contributed by atoms with E-state index in [2.05, 4.69) is 41.0 Å². The first kappa shape index (κ1) is 16.4. The van der Waals surface area contributed by atoms with Gasteiger partial charge in [-0.15, -0.1) is 0 Å². The Labute approximate surface area is 132 Å². The molecular weight excluding hydrogens is 280 g/mol. The molecule has 0 aromatic heterocycles. The number of nitrogens with zero attached hydrogens (tertiary/aromatic N) is 1. The molecule has 1 saturated heterocycles. The predicted molar refractivity (Wildman–Crippen MR) is 92.1 cm³/mol. The zero-order valence-corrected chi connectivity index (χ0v) is 13.8. The number of anilines is 1. The normalized spacial score (nSPS) is 15.9. The van der Waals surface area contributed by atoms with Crippen LogP contribution in [0.15, 0.2) is 24.3 Å². The number of hydrogen-bond donors (Lipinski definition) is 1. The molecule has 1 fully saturated rings. The second-order valence-corrected chi connectivity index (χ2v) is 6.78. The molecule has 0 atom stereocenters. The van der Waals surface area contributed by atoms with Gasteiger partial charge in [-0.3, -0.25) is 4.79 Å². The summed E-state index contributed by atoms with van der Waals surface area (Å²) in [6.07, 6.45) is 3.72. The van der Waals surface area contributed by atoms with Gasteiger partial charge in [0.1, 0.15) is 0 Å². The number of carbonyl (C=O) groups is 1. The molecular formula is C17H26N2OS. The highest BCUT2D eigenvalue weighted by Gasteiger charge is 2.09. The van der Waals surface area contributed by atoms with Crippen LogP contribution in [0.5, 0.6) is 0 Å². The van der Waals surface area contributed by atoms with E-state index in [1.165, 1.54) is 30.2 Å². The van der Waals surface area contributed by atoms with Crippen LogP contribution in [0.2, 0.25) is 0 Å². The molecule has 1 aliphatic heterocycles. The lowest BCUT2D eigenvalue weighted by molar-refractivity contribution is -0.116. The van der Waals surface area contributed by atoms with Crippen molar-refractivity contribution < 1.29 is 4.79 Å². The van der Waals surface area contributed by atoms with Gasteiger partial charge in [0.2, 0.25) is 5.91 Å². The fourth-order valence-corrected chi connectivity index (χ4v) is 3.41. The minimum absolute atomic E-state index is 0.121. The van der Waals surface area contributed by atoms with Crippen LogP contribution in [-0.2, 0) is 11.2 Å². The van der Waals surface area contributed by atoms with Crippen molar-refractivity contribution in [3.63, 3.8) is 0 Å². The molecule has 4 heteroatoms. The van der Waals surface area contributed by atoms with Crippen molar-refractivity contribution in [2.45, 2.75) is 32.6 Å². The molecule has 0 radical (unpaired) electrons. The maximum atomic E-state index is 11.7. The standard InChI is InChI=1S/C17H26N2OS/c1-2-3-4-17(20)18-16-7-5-15(6-8-16)9-10-19-11-13-21-14-12-19/h5-8H,2-4,9-14H2,1H3,(H,18,20). The molecule has 1 N–H and O–H groups in total. The van der Waals surface area contributed by atoms with E-state index in [0.29, 0.717) is 6.42 Å². The number of carbonyl (C=O) groups excluding carboxylic acids is 1. The third kappa shape index (κ3) is 6.10. The number of benzene rings is 1. The van der Waals surface area contributed by atoms with Gasteiger partial charge >= 0.3 is 0 Å². The number of thioether (sulfide) groups is 1. The van der Waals surface area contributed by atoms with Crippen LogP contribution < -0.4 is 5.32 Å². The second-order valence-electron chi connectivity index (χ2n) is 5.55. The first-order valence-corrected chi connectivity index (χ1v) is 9.12. The second kappa shape index (κ2) is 9.11. The largest absolute Gasteiger partial charge is 0.326 e. The van der Waals surface area contributed by atoms with Gasteiger partial charge < -0.3 is 10.2 Å². The molecule has 1 heterocycles. The summed E-state index contributed by atoms with van der Waals surface area (Å²) in [7, 11) is 0. The highest BCUT2D eigenvalue weighted by Crippen LogP contribution is 2.13. The van der Waals surface area contributed by atoms with Gasteiger partial charge in [0, 0.05) is 43.2 Å². The Bertz CT molecular complexity index is 427. The average molecular weight is 306 g/mol. The SMILES string of the molecule is CCCCC(=O)Nc1ccc(CCN2CCSCC2)cc1. The Kier molecular flexibility index (Phi) is 7.10. The number of hydrogen-bond acceptors (Lipinski definition) is 3. The lowest BCUT2D eigenvalue weighted by atomic mass is 10.1. The summed E-state index contributed by atoms with van der Waals surface area (Å²) in [5.74, 6) is 2.65. The Balaban J connectivity index is 1.74. The smallest absolute Gasteiger partial charge is 0.224 e. The molecule has 0 spiro atoms. The van der Waals surface area contributed by atoms with E-state index in [1.807, 2.05) is 12.1 Å². The predicted octanol–water partition coefficient (Wildman–Crippen LogP) is 3.41. The number of unbranched alkanes of at least 4 members (excludes halogenated alkanes) is 1. The van der Waals surface area contributed by atoms with Crippen molar-refractivity contribution in [1.29, 1.82) is 0 Å². The van der Waals surface area contributed by atoms with Crippen LogP contribution in [0.3, 0.4) is 0 Å². The third-order valence-corrected chi connectivity index (χ3v) is 4.76. The molecule has 116 valence electrons. The molecule has 3 nitrogen and oxygen atoms in total. The Morgan fingerprint density at radius 3 is 2.62 bits per heavy atom. The summed E-state index contributed by atoms with van der Waals surface area (Å²) in [5.41, 5.74) is 2.26. The van der Waals surface area contributed by atoms with E-state index < -0.39 is 0 Å². The Morgan fingerprint density at radius 2 is 1.95 bits per heavy atom. The van der Waals surface area contributed by atoms with Crippen LogP contribution in [0.1, 0.15) is 31.7 Å². The number of rotatable bonds is 7. The van der Waals surface area contributed by atoms with Crippen molar-refractivity contribution in [2.75, 3.05) is 36.5 Å². The Hall–Kier alpha value is -1.00.